The van der Waals surface area contributed by atoms with Gasteiger partial charge in [0, 0.05) is 25.7 Å². The molecular weight excluding hydrogens is 1210 g/mol. The highest BCUT2D eigenvalue weighted by Gasteiger charge is 2.30. The van der Waals surface area contributed by atoms with Crippen LogP contribution in [0.4, 0.5) is 0 Å². The van der Waals surface area contributed by atoms with Crippen molar-refractivity contribution in [3.63, 3.8) is 0 Å². The highest BCUT2D eigenvalue weighted by atomic mass is 31.2. The Bertz CT molecular complexity index is 1900. The number of aliphatic hydroxyl groups is 1. The van der Waals surface area contributed by atoms with Crippen molar-refractivity contribution in [2.24, 2.45) is 17.8 Å². The predicted octanol–water partition coefficient (Wildman–Crippen LogP) is 20.6. The first-order chi connectivity index (χ1) is 44.3. The molecule has 0 saturated carbocycles. The lowest BCUT2D eigenvalue weighted by molar-refractivity contribution is -0.161. The minimum absolute atomic E-state index is 0.0977. The first kappa shape index (κ1) is 89.5. The van der Waals surface area contributed by atoms with E-state index in [-0.39, 0.29) is 25.7 Å². The van der Waals surface area contributed by atoms with Crippen molar-refractivity contribution in [3.05, 3.63) is 24.3 Å². The molecule has 0 heterocycles. The molecule has 0 aromatic carbocycles. The summed E-state index contributed by atoms with van der Waals surface area (Å²) in [6, 6.07) is 0. The van der Waals surface area contributed by atoms with E-state index in [2.05, 4.69) is 72.8 Å². The van der Waals surface area contributed by atoms with Crippen molar-refractivity contribution in [2.45, 2.75) is 362 Å². The lowest BCUT2D eigenvalue weighted by Gasteiger charge is -2.21. The molecule has 0 saturated heterocycles. The second-order valence-corrected chi connectivity index (χ2v) is 29.7. The van der Waals surface area contributed by atoms with E-state index in [1.165, 1.54) is 128 Å². The highest BCUT2D eigenvalue weighted by molar-refractivity contribution is 7.47. The van der Waals surface area contributed by atoms with Gasteiger partial charge in [0.15, 0.2) is 12.2 Å². The highest BCUT2D eigenvalue weighted by Crippen LogP contribution is 2.45. The summed E-state index contributed by atoms with van der Waals surface area (Å²) in [5.74, 6) is 0.0733. The number of esters is 4. The number of allylic oxidation sites excluding steroid dienone is 4. The normalized spacial score (nSPS) is 14.6. The van der Waals surface area contributed by atoms with Gasteiger partial charge in [-0.15, -0.1) is 0 Å². The fourth-order valence-electron chi connectivity index (χ4n) is 10.5. The van der Waals surface area contributed by atoms with Crippen LogP contribution in [0.5, 0.6) is 0 Å². The third-order valence-electron chi connectivity index (χ3n) is 16.6. The monoisotopic (exact) mass is 1350 g/mol. The van der Waals surface area contributed by atoms with E-state index in [1.807, 2.05) is 0 Å². The maximum atomic E-state index is 13.0. The SMILES string of the molecule is CCCCCC/C=C\C=C/CCCCCCCC(=O)OC[C@H](COP(=O)(O)OC[C@@H](O)COP(=O)(O)OC[C@@H](COC(=O)CCCCCCCCC(C)C)OC(=O)CCCCCCCCCCCCCCCC(C)C)OC(=O)CCCCCCCCCCC(C)CC. The number of phosphoric acid groups is 2. The van der Waals surface area contributed by atoms with Crippen molar-refractivity contribution in [3.8, 4) is 0 Å². The molecule has 0 aromatic heterocycles. The first-order valence-electron chi connectivity index (χ1n) is 37.2. The minimum atomic E-state index is -4.96. The van der Waals surface area contributed by atoms with Crippen LogP contribution in [0, 0.1) is 17.8 Å². The summed E-state index contributed by atoms with van der Waals surface area (Å²) in [7, 11) is -9.92. The number of unbranched alkanes of at least 4 members (excludes halogenated alkanes) is 33. The summed E-state index contributed by atoms with van der Waals surface area (Å²) in [5.41, 5.74) is 0. The molecule has 0 aliphatic heterocycles. The summed E-state index contributed by atoms with van der Waals surface area (Å²) in [4.78, 5) is 72.6. The number of carbonyl (C=O) groups excluding carboxylic acids is 4. The Balaban J connectivity index is 5.27. The second kappa shape index (κ2) is 63.3. The van der Waals surface area contributed by atoms with Crippen LogP contribution in [-0.4, -0.2) is 96.7 Å². The molecule has 0 bridgehead atoms. The smallest absolute Gasteiger partial charge is 0.462 e. The summed E-state index contributed by atoms with van der Waals surface area (Å²) < 4.78 is 68.3. The Hall–Kier alpha value is -2.46. The molecule has 0 fully saturated rings. The van der Waals surface area contributed by atoms with Crippen LogP contribution in [0.1, 0.15) is 344 Å². The van der Waals surface area contributed by atoms with E-state index >= 15 is 0 Å². The van der Waals surface area contributed by atoms with Gasteiger partial charge < -0.3 is 33.8 Å². The zero-order chi connectivity index (χ0) is 68.0. The number of hydrogen-bond donors (Lipinski definition) is 3. The molecule has 0 spiro atoms. The van der Waals surface area contributed by atoms with E-state index in [4.69, 9.17) is 37.0 Å². The van der Waals surface area contributed by atoms with Gasteiger partial charge in [-0.3, -0.25) is 37.3 Å². The molecule has 0 aliphatic rings. The molecule has 0 aromatic rings. The van der Waals surface area contributed by atoms with E-state index < -0.39 is 97.5 Å². The van der Waals surface area contributed by atoms with Gasteiger partial charge in [0.05, 0.1) is 26.4 Å². The first-order valence-corrected chi connectivity index (χ1v) is 40.2. The zero-order valence-corrected chi connectivity index (χ0v) is 61.3. The lowest BCUT2D eigenvalue weighted by Crippen LogP contribution is -2.30. The average Bonchev–Trinajstić information content (AvgIpc) is 2.63. The summed E-state index contributed by atoms with van der Waals surface area (Å²) in [5, 5.41) is 10.6. The molecule has 0 amide bonds. The molecule has 542 valence electrons. The largest absolute Gasteiger partial charge is 0.472 e. The van der Waals surface area contributed by atoms with Crippen molar-refractivity contribution in [1.29, 1.82) is 0 Å². The second-order valence-electron chi connectivity index (χ2n) is 26.8. The van der Waals surface area contributed by atoms with Crippen molar-refractivity contribution < 1.29 is 80.2 Å². The number of rotatable bonds is 69. The zero-order valence-electron chi connectivity index (χ0n) is 59.5. The third kappa shape index (κ3) is 64.9. The van der Waals surface area contributed by atoms with E-state index in [9.17, 15) is 43.2 Å². The average molecular weight is 1350 g/mol. The van der Waals surface area contributed by atoms with Gasteiger partial charge in [-0.25, -0.2) is 9.13 Å². The predicted molar refractivity (Wildman–Crippen MR) is 372 cm³/mol. The van der Waals surface area contributed by atoms with Gasteiger partial charge in [-0.05, 0) is 69.1 Å². The van der Waals surface area contributed by atoms with Crippen molar-refractivity contribution in [2.75, 3.05) is 39.6 Å². The van der Waals surface area contributed by atoms with Crippen LogP contribution in [0.15, 0.2) is 24.3 Å². The van der Waals surface area contributed by atoms with Crippen LogP contribution < -0.4 is 0 Å². The fourth-order valence-corrected chi connectivity index (χ4v) is 12.1. The summed E-state index contributed by atoms with van der Waals surface area (Å²) >= 11 is 0. The van der Waals surface area contributed by atoms with Gasteiger partial charge in [-0.2, -0.15) is 0 Å². The number of phosphoric ester groups is 2. The maximum Gasteiger partial charge on any atom is 0.472 e. The number of aliphatic hydroxyl groups excluding tert-OH is 1. The molecule has 6 atom stereocenters. The molecule has 3 unspecified atom stereocenters. The molecule has 17 nitrogen and oxygen atoms in total. The molecule has 19 heteroatoms. The standard InChI is InChI=1S/C73H138O17P2/c1-8-10-11-12-13-14-15-16-17-20-23-26-32-40-47-54-70(75)83-60-68(90-73(78)57-50-43-34-29-28-31-39-46-53-66(7)9-2)62-87-91(79,80)85-58-67(74)59-86-92(81,82)88-63-69(61-84-71(76)55-48-41-36-35-38-45-52-65(5)6)89-72(77)56-49-42-33-27-24-21-18-19-22-25-30-37-44-51-64(3)4/h14-17,64-69,74H,8-13,18-63H2,1-7H3,(H,79,80)(H,81,82)/b15-14-,17-16-/t66?,67-,68-,69-/m1/s1. The van der Waals surface area contributed by atoms with Crippen LogP contribution in [0.3, 0.4) is 0 Å². The quantitative estimate of drug-likeness (QED) is 0.0169. The van der Waals surface area contributed by atoms with Gasteiger partial charge in [-0.1, -0.05) is 291 Å². The molecule has 0 aliphatic carbocycles. The van der Waals surface area contributed by atoms with Crippen molar-refractivity contribution in [1.82, 2.24) is 0 Å². The van der Waals surface area contributed by atoms with Crippen LogP contribution in [0.25, 0.3) is 0 Å². The fraction of sp³-hybridized carbons (Fsp3) is 0.890. The molecular formula is C73H138O17P2. The molecule has 0 rings (SSSR count). The minimum Gasteiger partial charge on any atom is -0.462 e. The maximum absolute atomic E-state index is 13.0. The number of carbonyl (C=O) groups is 4. The van der Waals surface area contributed by atoms with Gasteiger partial charge in [0.1, 0.15) is 19.3 Å². The van der Waals surface area contributed by atoms with Crippen LogP contribution >= 0.6 is 15.6 Å². The Labute approximate surface area is 561 Å². The van der Waals surface area contributed by atoms with Crippen LogP contribution in [0.2, 0.25) is 0 Å². The molecule has 92 heavy (non-hydrogen) atoms. The summed E-state index contributed by atoms with van der Waals surface area (Å²) in [6.07, 6.45) is 50.9. The van der Waals surface area contributed by atoms with Gasteiger partial charge >= 0.3 is 39.5 Å². The number of ether oxygens (including phenoxy) is 4. The Morgan fingerprint density at radius 2 is 0.641 bits per heavy atom. The third-order valence-corrected chi connectivity index (χ3v) is 18.5. The van der Waals surface area contributed by atoms with Gasteiger partial charge in [0.25, 0.3) is 0 Å². The van der Waals surface area contributed by atoms with E-state index in [0.717, 1.165) is 127 Å². The Morgan fingerprint density at radius 3 is 0.967 bits per heavy atom. The summed E-state index contributed by atoms with van der Waals surface area (Å²) in [6.45, 7) is 11.7. The lowest BCUT2D eigenvalue weighted by atomic mass is 9.99. The van der Waals surface area contributed by atoms with Crippen molar-refractivity contribution >= 4 is 39.5 Å². The van der Waals surface area contributed by atoms with E-state index in [0.29, 0.717) is 31.6 Å². The Kier molecular flexibility index (Phi) is 61.6. The molecule has 0 radical (unpaired) electrons. The van der Waals surface area contributed by atoms with Gasteiger partial charge in [0.2, 0.25) is 0 Å². The van der Waals surface area contributed by atoms with Crippen LogP contribution in [-0.2, 0) is 65.4 Å². The topological polar surface area (TPSA) is 237 Å². The van der Waals surface area contributed by atoms with E-state index in [1.54, 1.807) is 0 Å². The number of hydrogen-bond acceptors (Lipinski definition) is 15. The Morgan fingerprint density at radius 1 is 0.359 bits per heavy atom. The molecule has 3 N–H and O–H groups in total.